The maximum Gasteiger partial charge on any atom is 0.0594 e. The van der Waals surface area contributed by atoms with Gasteiger partial charge in [-0.05, 0) is 24.4 Å². The second kappa shape index (κ2) is 6.92. The van der Waals surface area contributed by atoms with E-state index in [1.165, 1.54) is 0 Å². The zero-order valence-corrected chi connectivity index (χ0v) is 13.6. The molecule has 0 radical (unpaired) electrons. The van der Waals surface area contributed by atoms with Gasteiger partial charge in [0.05, 0.1) is 29.6 Å². The first-order valence-electron chi connectivity index (χ1n) is 7.79. The summed E-state index contributed by atoms with van der Waals surface area (Å²) >= 11 is 6.41. The Balaban J connectivity index is 1.91. The fraction of sp³-hybridized carbons (Fsp3) is 0.471. The van der Waals surface area contributed by atoms with Crippen LogP contribution in [0.5, 0.6) is 0 Å². The number of morpholine rings is 1. The number of nitrogens with two attached hydrogens (primary N) is 1. The average Bonchev–Trinajstić information content (AvgIpc) is 2.53. The number of hydrogen-bond donors (Lipinski definition) is 1. The van der Waals surface area contributed by atoms with Gasteiger partial charge in [0.2, 0.25) is 0 Å². The SMILES string of the molecule is CC(N)c1cc2cccc(Cl)c2c(CCN2CCOCC2)n1. The quantitative estimate of drug-likeness (QED) is 0.941. The molecule has 118 valence electrons. The molecule has 0 bridgehead atoms. The number of benzene rings is 1. The largest absolute Gasteiger partial charge is 0.379 e. The topological polar surface area (TPSA) is 51.4 Å². The summed E-state index contributed by atoms with van der Waals surface area (Å²) in [7, 11) is 0. The third kappa shape index (κ3) is 3.41. The fourth-order valence-electron chi connectivity index (χ4n) is 2.87. The smallest absolute Gasteiger partial charge is 0.0594 e. The monoisotopic (exact) mass is 319 g/mol. The molecule has 2 aromatic rings. The van der Waals surface area contributed by atoms with Crippen LogP contribution >= 0.6 is 11.6 Å². The summed E-state index contributed by atoms with van der Waals surface area (Å²) < 4.78 is 5.40. The minimum absolute atomic E-state index is 0.0782. The van der Waals surface area contributed by atoms with Crippen molar-refractivity contribution in [2.45, 2.75) is 19.4 Å². The van der Waals surface area contributed by atoms with E-state index in [2.05, 4.69) is 11.0 Å². The Bertz CT molecular complexity index is 654. The minimum atomic E-state index is -0.0782. The lowest BCUT2D eigenvalue weighted by molar-refractivity contribution is 0.0384. The molecule has 1 saturated heterocycles. The van der Waals surface area contributed by atoms with E-state index in [0.29, 0.717) is 0 Å². The summed E-state index contributed by atoms with van der Waals surface area (Å²) in [5, 5.41) is 2.94. The summed E-state index contributed by atoms with van der Waals surface area (Å²) in [5.41, 5.74) is 7.99. The summed E-state index contributed by atoms with van der Waals surface area (Å²) in [5.74, 6) is 0. The van der Waals surface area contributed by atoms with E-state index in [1.807, 2.05) is 25.1 Å². The van der Waals surface area contributed by atoms with Crippen molar-refractivity contribution in [1.82, 2.24) is 9.88 Å². The zero-order chi connectivity index (χ0) is 15.5. The van der Waals surface area contributed by atoms with Crippen LogP contribution in [-0.2, 0) is 11.2 Å². The number of pyridine rings is 1. The van der Waals surface area contributed by atoms with Gasteiger partial charge in [0.15, 0.2) is 0 Å². The van der Waals surface area contributed by atoms with Crippen LogP contribution < -0.4 is 5.73 Å². The van der Waals surface area contributed by atoms with Crippen LogP contribution in [0.25, 0.3) is 10.8 Å². The lowest BCUT2D eigenvalue weighted by Gasteiger charge is -2.26. The van der Waals surface area contributed by atoms with Gasteiger partial charge in [-0.15, -0.1) is 0 Å². The van der Waals surface area contributed by atoms with Crippen molar-refractivity contribution < 1.29 is 4.74 Å². The standard InChI is InChI=1S/C17H22ClN3O/c1-12(19)16-11-13-3-2-4-14(18)17(13)15(20-16)5-6-21-7-9-22-10-8-21/h2-4,11-12H,5-10,19H2,1H3. The van der Waals surface area contributed by atoms with Crippen molar-refractivity contribution in [1.29, 1.82) is 0 Å². The van der Waals surface area contributed by atoms with Crippen LogP contribution in [0.3, 0.4) is 0 Å². The normalized spacial score (nSPS) is 17.8. The van der Waals surface area contributed by atoms with Crippen molar-refractivity contribution in [3.8, 4) is 0 Å². The molecule has 22 heavy (non-hydrogen) atoms. The third-order valence-corrected chi connectivity index (χ3v) is 4.45. The highest BCUT2D eigenvalue weighted by atomic mass is 35.5. The van der Waals surface area contributed by atoms with Crippen molar-refractivity contribution in [2.24, 2.45) is 5.73 Å². The molecular formula is C17H22ClN3O. The summed E-state index contributed by atoms with van der Waals surface area (Å²) in [4.78, 5) is 7.19. The van der Waals surface area contributed by atoms with E-state index in [0.717, 1.165) is 66.5 Å². The van der Waals surface area contributed by atoms with E-state index in [4.69, 9.17) is 27.1 Å². The number of aromatic nitrogens is 1. The highest BCUT2D eigenvalue weighted by molar-refractivity contribution is 6.35. The highest BCUT2D eigenvalue weighted by Gasteiger charge is 2.14. The van der Waals surface area contributed by atoms with Gasteiger partial charge in [-0.3, -0.25) is 9.88 Å². The molecule has 1 atom stereocenters. The Morgan fingerprint density at radius 1 is 1.36 bits per heavy atom. The molecule has 1 fully saturated rings. The molecule has 0 aliphatic carbocycles. The molecule has 1 unspecified atom stereocenters. The van der Waals surface area contributed by atoms with Crippen LogP contribution in [0, 0.1) is 0 Å². The third-order valence-electron chi connectivity index (χ3n) is 4.14. The van der Waals surface area contributed by atoms with Gasteiger partial charge in [-0.2, -0.15) is 0 Å². The lowest BCUT2D eigenvalue weighted by Crippen LogP contribution is -2.37. The molecular weight excluding hydrogens is 298 g/mol. The number of halogens is 1. The van der Waals surface area contributed by atoms with Crippen LogP contribution in [0.4, 0.5) is 0 Å². The van der Waals surface area contributed by atoms with Crippen LogP contribution in [0.1, 0.15) is 24.4 Å². The number of nitrogens with zero attached hydrogens (tertiary/aromatic N) is 2. The maximum absolute atomic E-state index is 6.41. The van der Waals surface area contributed by atoms with Gasteiger partial charge in [-0.1, -0.05) is 23.7 Å². The van der Waals surface area contributed by atoms with Gasteiger partial charge in [0.25, 0.3) is 0 Å². The van der Waals surface area contributed by atoms with E-state index in [1.54, 1.807) is 0 Å². The van der Waals surface area contributed by atoms with E-state index >= 15 is 0 Å². The Hall–Kier alpha value is -1.20. The molecule has 0 amide bonds. The first-order chi connectivity index (χ1) is 10.6. The van der Waals surface area contributed by atoms with E-state index in [-0.39, 0.29) is 6.04 Å². The van der Waals surface area contributed by atoms with Crippen LogP contribution in [0.15, 0.2) is 24.3 Å². The fourth-order valence-corrected chi connectivity index (χ4v) is 3.16. The number of rotatable bonds is 4. The lowest BCUT2D eigenvalue weighted by atomic mass is 10.0. The molecule has 0 saturated carbocycles. The number of ether oxygens (including phenoxy) is 1. The molecule has 1 aliphatic rings. The Kier molecular flexibility index (Phi) is 4.93. The molecule has 0 spiro atoms. The maximum atomic E-state index is 6.41. The number of hydrogen-bond acceptors (Lipinski definition) is 4. The number of fused-ring (bicyclic) bond motifs is 1. The average molecular weight is 320 g/mol. The van der Waals surface area contributed by atoms with Gasteiger partial charge in [-0.25, -0.2) is 0 Å². The summed E-state index contributed by atoms with van der Waals surface area (Å²) in [6.45, 7) is 6.53. The van der Waals surface area contributed by atoms with Crippen molar-refractivity contribution in [3.63, 3.8) is 0 Å². The predicted molar refractivity (Wildman–Crippen MR) is 90.3 cm³/mol. The molecule has 1 aliphatic heterocycles. The highest BCUT2D eigenvalue weighted by Crippen LogP contribution is 2.28. The second-order valence-corrected chi connectivity index (χ2v) is 6.23. The zero-order valence-electron chi connectivity index (χ0n) is 12.9. The van der Waals surface area contributed by atoms with Crippen molar-refractivity contribution >= 4 is 22.4 Å². The molecule has 1 aromatic heterocycles. The Morgan fingerprint density at radius 3 is 2.86 bits per heavy atom. The predicted octanol–water partition coefficient (Wildman–Crippen LogP) is 2.78. The van der Waals surface area contributed by atoms with Crippen molar-refractivity contribution in [2.75, 3.05) is 32.8 Å². The molecule has 2 N–H and O–H groups in total. The molecule has 2 heterocycles. The molecule has 3 rings (SSSR count). The Labute approximate surface area is 136 Å². The Morgan fingerprint density at radius 2 is 2.14 bits per heavy atom. The molecule has 5 heteroatoms. The summed E-state index contributed by atoms with van der Waals surface area (Å²) in [6.07, 6.45) is 0.876. The van der Waals surface area contributed by atoms with Crippen LogP contribution in [-0.4, -0.2) is 42.7 Å². The molecule has 4 nitrogen and oxygen atoms in total. The van der Waals surface area contributed by atoms with E-state index in [9.17, 15) is 0 Å². The first-order valence-corrected chi connectivity index (χ1v) is 8.16. The van der Waals surface area contributed by atoms with Crippen molar-refractivity contribution in [3.05, 3.63) is 40.7 Å². The van der Waals surface area contributed by atoms with E-state index < -0.39 is 0 Å². The van der Waals surface area contributed by atoms with Crippen LogP contribution in [0.2, 0.25) is 5.02 Å². The minimum Gasteiger partial charge on any atom is -0.379 e. The summed E-state index contributed by atoms with van der Waals surface area (Å²) in [6, 6.07) is 7.94. The van der Waals surface area contributed by atoms with Gasteiger partial charge < -0.3 is 10.5 Å². The molecule has 1 aromatic carbocycles. The second-order valence-electron chi connectivity index (χ2n) is 5.82. The first kappa shape index (κ1) is 15.7. The van der Waals surface area contributed by atoms with Gasteiger partial charge >= 0.3 is 0 Å². The van der Waals surface area contributed by atoms with Gasteiger partial charge in [0.1, 0.15) is 0 Å². The van der Waals surface area contributed by atoms with Gasteiger partial charge in [0, 0.05) is 37.5 Å².